The maximum atomic E-state index is 9.67. The Morgan fingerprint density at radius 1 is 1.21 bits per heavy atom. The van der Waals surface area contributed by atoms with E-state index in [0.717, 1.165) is 25.0 Å². The Labute approximate surface area is 151 Å². The van der Waals surface area contributed by atoms with Crippen LogP contribution in [0.15, 0.2) is 18.2 Å². The molecule has 3 rings (SSSR count). The number of phenols is 1. The second-order valence-electron chi connectivity index (χ2n) is 6.14. The highest BCUT2D eigenvalue weighted by molar-refractivity contribution is 6.37. The maximum absolute atomic E-state index is 9.67. The van der Waals surface area contributed by atoms with Crippen LogP contribution >= 0.6 is 23.2 Å². The molecule has 0 saturated heterocycles. The number of halogens is 2. The van der Waals surface area contributed by atoms with Gasteiger partial charge in [0, 0.05) is 23.7 Å². The lowest BCUT2D eigenvalue weighted by Gasteiger charge is -2.15. The van der Waals surface area contributed by atoms with Gasteiger partial charge < -0.3 is 15.7 Å². The first-order valence-corrected chi connectivity index (χ1v) is 8.82. The van der Waals surface area contributed by atoms with E-state index in [1.165, 1.54) is 0 Å². The van der Waals surface area contributed by atoms with Crippen LogP contribution in [0.4, 0.5) is 17.5 Å². The molecule has 1 aromatic heterocycles. The largest absolute Gasteiger partial charge is 0.505 e. The molecule has 1 aliphatic rings. The van der Waals surface area contributed by atoms with Gasteiger partial charge in [-0.25, -0.2) is 4.98 Å². The van der Waals surface area contributed by atoms with Crippen LogP contribution in [0.5, 0.6) is 5.75 Å². The van der Waals surface area contributed by atoms with E-state index in [9.17, 15) is 5.11 Å². The fraction of sp³-hybridized carbons (Fsp3) is 0.412. The van der Waals surface area contributed by atoms with E-state index in [4.69, 9.17) is 23.2 Å². The van der Waals surface area contributed by atoms with E-state index in [0.29, 0.717) is 29.4 Å². The summed E-state index contributed by atoms with van der Waals surface area (Å²) in [5.74, 6) is 1.69. The number of phenolic OH excluding ortho intramolecular Hbond substituents is 1. The average molecular weight is 367 g/mol. The minimum Gasteiger partial charge on any atom is -0.505 e. The van der Waals surface area contributed by atoms with Gasteiger partial charge in [0.25, 0.3) is 0 Å². The summed E-state index contributed by atoms with van der Waals surface area (Å²) in [6.07, 6.45) is 3.31. The van der Waals surface area contributed by atoms with E-state index < -0.39 is 0 Å². The average Bonchev–Trinajstić information content (AvgIpc) is 3.37. The van der Waals surface area contributed by atoms with E-state index in [-0.39, 0.29) is 15.8 Å². The maximum Gasteiger partial charge on any atom is 0.225 e. The number of aromatic nitrogens is 2. The summed E-state index contributed by atoms with van der Waals surface area (Å²) in [7, 11) is 0. The molecule has 0 unspecified atom stereocenters. The van der Waals surface area contributed by atoms with Crippen molar-refractivity contribution in [1.82, 2.24) is 9.97 Å². The highest BCUT2D eigenvalue weighted by Gasteiger charge is 2.26. The van der Waals surface area contributed by atoms with Crippen molar-refractivity contribution in [2.45, 2.75) is 45.1 Å². The Hall–Kier alpha value is -1.72. The van der Waals surface area contributed by atoms with Gasteiger partial charge in [0.15, 0.2) is 5.75 Å². The normalized spacial score (nSPS) is 15.2. The smallest absolute Gasteiger partial charge is 0.225 e. The summed E-state index contributed by atoms with van der Waals surface area (Å²) in [4.78, 5) is 9.15. The molecule has 3 N–H and O–H groups in total. The zero-order chi connectivity index (χ0) is 17.3. The lowest BCUT2D eigenvalue weighted by molar-refractivity contribution is 0.476. The van der Waals surface area contributed by atoms with Crippen molar-refractivity contribution in [3.05, 3.63) is 33.9 Å². The second kappa shape index (κ2) is 7.03. The van der Waals surface area contributed by atoms with E-state index in [1.807, 2.05) is 6.07 Å². The van der Waals surface area contributed by atoms with Crippen molar-refractivity contribution in [2.75, 3.05) is 10.6 Å². The Bertz CT molecular complexity index is 726. The molecule has 1 atom stereocenters. The van der Waals surface area contributed by atoms with Gasteiger partial charge >= 0.3 is 0 Å². The van der Waals surface area contributed by atoms with Crippen LogP contribution in [0, 0.1) is 0 Å². The van der Waals surface area contributed by atoms with E-state index in [1.54, 1.807) is 12.1 Å². The third-order valence-electron chi connectivity index (χ3n) is 4.02. The molecular formula is C17H20Cl2N4O. The Morgan fingerprint density at radius 2 is 1.88 bits per heavy atom. The van der Waals surface area contributed by atoms with Crippen molar-refractivity contribution in [3.63, 3.8) is 0 Å². The number of rotatable bonds is 6. The first-order valence-electron chi connectivity index (χ1n) is 8.06. The molecule has 128 valence electrons. The SMILES string of the molecule is CC[C@H](C)Nc1nc(Nc2cc(Cl)c(O)c(Cl)c2)cc(C2CC2)n1. The highest BCUT2D eigenvalue weighted by atomic mass is 35.5. The second-order valence-corrected chi connectivity index (χ2v) is 6.96. The number of benzene rings is 1. The quantitative estimate of drug-likeness (QED) is 0.603. The number of anilines is 3. The van der Waals surface area contributed by atoms with Crippen molar-refractivity contribution < 1.29 is 5.11 Å². The third-order valence-corrected chi connectivity index (χ3v) is 4.59. The molecule has 1 saturated carbocycles. The van der Waals surface area contributed by atoms with Gasteiger partial charge in [-0.3, -0.25) is 0 Å². The molecule has 2 aromatic rings. The molecule has 0 spiro atoms. The van der Waals surface area contributed by atoms with Gasteiger partial charge in [-0.05, 0) is 38.3 Å². The molecule has 0 aliphatic heterocycles. The van der Waals surface area contributed by atoms with Crippen molar-refractivity contribution >= 4 is 40.7 Å². The number of aromatic hydroxyl groups is 1. The summed E-state index contributed by atoms with van der Waals surface area (Å²) < 4.78 is 0. The molecule has 0 bridgehead atoms. The van der Waals surface area contributed by atoms with Crippen LogP contribution in [0.3, 0.4) is 0 Å². The molecule has 1 heterocycles. The van der Waals surface area contributed by atoms with Gasteiger partial charge in [0.05, 0.1) is 15.7 Å². The number of hydrogen-bond acceptors (Lipinski definition) is 5. The number of hydrogen-bond donors (Lipinski definition) is 3. The van der Waals surface area contributed by atoms with Crippen molar-refractivity contribution in [1.29, 1.82) is 0 Å². The summed E-state index contributed by atoms with van der Waals surface area (Å²) >= 11 is 12.0. The zero-order valence-electron chi connectivity index (χ0n) is 13.6. The minimum atomic E-state index is -0.121. The molecule has 0 amide bonds. The Kier molecular flexibility index (Phi) is 5.01. The van der Waals surface area contributed by atoms with Gasteiger partial charge in [0.1, 0.15) is 5.82 Å². The zero-order valence-corrected chi connectivity index (χ0v) is 15.1. The summed E-state index contributed by atoms with van der Waals surface area (Å²) in [5.41, 5.74) is 1.70. The third kappa shape index (κ3) is 4.02. The fourth-order valence-electron chi connectivity index (χ4n) is 2.29. The summed E-state index contributed by atoms with van der Waals surface area (Å²) in [6, 6.07) is 5.48. The summed E-state index contributed by atoms with van der Waals surface area (Å²) in [6.45, 7) is 4.21. The Balaban J connectivity index is 1.89. The highest BCUT2D eigenvalue weighted by Crippen LogP contribution is 2.40. The van der Waals surface area contributed by atoms with Crippen LogP contribution in [0.2, 0.25) is 10.0 Å². The number of nitrogens with zero attached hydrogens (tertiary/aromatic N) is 2. The summed E-state index contributed by atoms with van der Waals surface area (Å²) in [5, 5.41) is 16.6. The van der Waals surface area contributed by atoms with Crippen LogP contribution in [-0.2, 0) is 0 Å². The van der Waals surface area contributed by atoms with Crippen molar-refractivity contribution in [3.8, 4) is 5.75 Å². The van der Waals surface area contributed by atoms with Gasteiger partial charge in [-0.15, -0.1) is 0 Å². The predicted octanol–water partition coefficient (Wildman–Crippen LogP) is 5.32. The topological polar surface area (TPSA) is 70.1 Å². The van der Waals surface area contributed by atoms with Crippen LogP contribution in [0.1, 0.15) is 44.7 Å². The lowest BCUT2D eigenvalue weighted by atomic mass is 10.2. The molecule has 1 aromatic carbocycles. The molecule has 7 heteroatoms. The van der Waals surface area contributed by atoms with Gasteiger partial charge in [-0.1, -0.05) is 30.1 Å². The molecule has 1 aliphatic carbocycles. The van der Waals surface area contributed by atoms with Crippen LogP contribution < -0.4 is 10.6 Å². The monoisotopic (exact) mass is 366 g/mol. The fourth-order valence-corrected chi connectivity index (χ4v) is 2.78. The molecule has 5 nitrogen and oxygen atoms in total. The molecular weight excluding hydrogens is 347 g/mol. The van der Waals surface area contributed by atoms with Crippen LogP contribution in [0.25, 0.3) is 0 Å². The minimum absolute atomic E-state index is 0.121. The molecule has 1 fully saturated rings. The molecule has 24 heavy (non-hydrogen) atoms. The van der Waals surface area contributed by atoms with E-state index in [2.05, 4.69) is 34.4 Å². The number of nitrogens with one attached hydrogen (secondary N) is 2. The first kappa shape index (κ1) is 17.1. The Morgan fingerprint density at radius 3 is 2.46 bits per heavy atom. The first-order chi connectivity index (χ1) is 11.5. The van der Waals surface area contributed by atoms with Crippen LogP contribution in [-0.4, -0.2) is 21.1 Å². The standard InChI is InChI=1S/C17H20Cl2N4O/c1-3-9(2)20-17-22-14(10-4-5-10)8-15(23-17)21-11-6-12(18)16(24)13(19)7-11/h6-10,24H,3-5H2,1-2H3,(H2,20,21,22,23)/t9-/m0/s1. The predicted molar refractivity (Wildman–Crippen MR) is 98.8 cm³/mol. The lowest BCUT2D eigenvalue weighted by Crippen LogP contribution is -2.16. The van der Waals surface area contributed by atoms with Gasteiger partial charge in [0.2, 0.25) is 5.95 Å². The van der Waals surface area contributed by atoms with Gasteiger partial charge in [-0.2, -0.15) is 4.98 Å². The van der Waals surface area contributed by atoms with Crippen molar-refractivity contribution in [2.24, 2.45) is 0 Å². The molecule has 0 radical (unpaired) electrons. The van der Waals surface area contributed by atoms with E-state index >= 15 is 0 Å².